The van der Waals surface area contributed by atoms with Crippen molar-refractivity contribution in [1.82, 2.24) is 4.90 Å². The first-order valence-electron chi connectivity index (χ1n) is 7.77. The zero-order chi connectivity index (χ0) is 15.7. The van der Waals surface area contributed by atoms with Crippen LogP contribution in [-0.2, 0) is 11.3 Å². The van der Waals surface area contributed by atoms with Crippen LogP contribution in [0.1, 0.15) is 43.2 Å². The Hall–Kier alpha value is -1.39. The summed E-state index contributed by atoms with van der Waals surface area (Å²) in [4.78, 5) is 14.1. The summed E-state index contributed by atoms with van der Waals surface area (Å²) in [6.45, 7) is 3.64. The van der Waals surface area contributed by atoms with Crippen LogP contribution < -0.4 is 11.1 Å². The predicted octanol–water partition coefficient (Wildman–Crippen LogP) is 2.90. The first-order valence-corrected chi connectivity index (χ1v) is 7.77. The molecular formula is C17H29N3O. The number of rotatable bonds is 9. The van der Waals surface area contributed by atoms with Crippen LogP contribution in [0.2, 0.25) is 0 Å². The Balaban J connectivity index is 2.47. The molecule has 0 spiro atoms. The summed E-state index contributed by atoms with van der Waals surface area (Å²) in [5.41, 5.74) is 8.70. The van der Waals surface area contributed by atoms with E-state index in [4.69, 9.17) is 5.73 Å². The summed E-state index contributed by atoms with van der Waals surface area (Å²) in [5, 5.41) is 3.03. The largest absolute Gasteiger partial charge is 0.330 e. The van der Waals surface area contributed by atoms with E-state index >= 15 is 0 Å². The molecule has 0 aliphatic carbocycles. The molecule has 1 rings (SSSR count). The quantitative estimate of drug-likeness (QED) is 0.688. The van der Waals surface area contributed by atoms with Crippen LogP contribution in [0.3, 0.4) is 0 Å². The van der Waals surface area contributed by atoms with Crippen molar-refractivity contribution in [3.63, 3.8) is 0 Å². The summed E-state index contributed by atoms with van der Waals surface area (Å²) < 4.78 is 0. The predicted molar refractivity (Wildman–Crippen MR) is 89.3 cm³/mol. The van der Waals surface area contributed by atoms with E-state index in [1.807, 2.05) is 21.0 Å². The van der Waals surface area contributed by atoms with Gasteiger partial charge < -0.3 is 16.0 Å². The molecule has 0 fully saturated rings. The summed E-state index contributed by atoms with van der Waals surface area (Å²) in [5.74, 6) is 0.104. The Bertz CT molecular complexity index is 444. The third-order valence-corrected chi connectivity index (χ3v) is 3.43. The van der Waals surface area contributed by atoms with Crippen molar-refractivity contribution in [1.29, 1.82) is 0 Å². The van der Waals surface area contributed by atoms with Crippen molar-refractivity contribution < 1.29 is 4.79 Å². The highest BCUT2D eigenvalue weighted by molar-refractivity contribution is 5.91. The fraction of sp³-hybridized carbons (Fsp3) is 0.588. The van der Waals surface area contributed by atoms with Crippen molar-refractivity contribution in [2.24, 2.45) is 5.73 Å². The Morgan fingerprint density at radius 3 is 2.57 bits per heavy atom. The molecule has 0 saturated carbocycles. The van der Waals surface area contributed by atoms with Crippen molar-refractivity contribution in [2.75, 3.05) is 26.0 Å². The number of anilines is 1. The number of nitrogens with two attached hydrogens (primary N) is 1. The van der Waals surface area contributed by atoms with Gasteiger partial charge in [-0.25, -0.2) is 0 Å². The lowest BCUT2D eigenvalue weighted by atomic mass is 10.1. The molecule has 3 N–H and O–H groups in total. The number of benzene rings is 1. The highest BCUT2D eigenvalue weighted by atomic mass is 16.1. The maximum Gasteiger partial charge on any atom is 0.224 e. The average molecular weight is 291 g/mol. The highest BCUT2D eigenvalue weighted by Gasteiger charge is 2.06. The lowest BCUT2D eigenvalue weighted by Crippen LogP contribution is -2.14. The van der Waals surface area contributed by atoms with Crippen LogP contribution in [-0.4, -0.2) is 31.4 Å². The van der Waals surface area contributed by atoms with Gasteiger partial charge in [0.25, 0.3) is 0 Å². The van der Waals surface area contributed by atoms with E-state index in [0.29, 0.717) is 6.42 Å². The van der Waals surface area contributed by atoms with Gasteiger partial charge >= 0.3 is 0 Å². The lowest BCUT2D eigenvalue weighted by molar-refractivity contribution is -0.116. The van der Waals surface area contributed by atoms with Gasteiger partial charge in [-0.05, 0) is 57.6 Å². The highest BCUT2D eigenvalue weighted by Crippen LogP contribution is 2.18. The Labute approximate surface area is 128 Å². The van der Waals surface area contributed by atoms with Gasteiger partial charge in [-0.15, -0.1) is 0 Å². The maximum absolute atomic E-state index is 12.0. The average Bonchev–Trinajstić information content (AvgIpc) is 2.42. The van der Waals surface area contributed by atoms with Gasteiger partial charge in [0.1, 0.15) is 0 Å². The molecule has 118 valence electrons. The summed E-state index contributed by atoms with van der Waals surface area (Å²) in [7, 11) is 4.08. The van der Waals surface area contributed by atoms with Crippen LogP contribution in [0.5, 0.6) is 0 Å². The fourth-order valence-electron chi connectivity index (χ4n) is 2.26. The minimum absolute atomic E-state index is 0.104. The first-order chi connectivity index (χ1) is 10.0. The monoisotopic (exact) mass is 291 g/mol. The van der Waals surface area contributed by atoms with E-state index in [1.165, 1.54) is 5.56 Å². The molecule has 0 bridgehead atoms. The van der Waals surface area contributed by atoms with Crippen LogP contribution >= 0.6 is 0 Å². The molecule has 0 atom stereocenters. The molecule has 0 aliphatic rings. The number of hydrogen-bond acceptors (Lipinski definition) is 3. The van der Waals surface area contributed by atoms with Crippen LogP contribution in [0.15, 0.2) is 18.2 Å². The molecule has 0 aromatic heterocycles. The number of hydrogen-bond donors (Lipinski definition) is 2. The molecule has 1 aromatic rings. The van der Waals surface area contributed by atoms with Gasteiger partial charge in [-0.2, -0.15) is 0 Å². The topological polar surface area (TPSA) is 58.4 Å². The first kappa shape index (κ1) is 17.7. The van der Waals surface area contributed by atoms with Gasteiger partial charge in [-0.1, -0.05) is 25.0 Å². The van der Waals surface area contributed by atoms with Gasteiger partial charge in [0.05, 0.1) is 0 Å². The van der Waals surface area contributed by atoms with E-state index < -0.39 is 0 Å². The second kappa shape index (κ2) is 9.53. The van der Waals surface area contributed by atoms with Crippen LogP contribution in [0.25, 0.3) is 0 Å². The lowest BCUT2D eigenvalue weighted by Gasteiger charge is -2.13. The van der Waals surface area contributed by atoms with Gasteiger partial charge in [0.2, 0.25) is 5.91 Å². The van der Waals surface area contributed by atoms with Crippen LogP contribution in [0.4, 0.5) is 5.69 Å². The molecule has 0 aliphatic heterocycles. The molecule has 0 unspecified atom stereocenters. The number of carbonyl (C=O) groups is 1. The fourth-order valence-corrected chi connectivity index (χ4v) is 2.26. The smallest absolute Gasteiger partial charge is 0.224 e. The molecular weight excluding hydrogens is 262 g/mol. The molecule has 1 aromatic carbocycles. The number of aryl methyl sites for hydroxylation is 1. The number of carbonyl (C=O) groups excluding carboxylic acids is 1. The SMILES string of the molecule is Cc1ccc(CN(C)C)cc1NC(=O)CCCCCCN. The third-order valence-electron chi connectivity index (χ3n) is 3.43. The second-order valence-electron chi connectivity index (χ2n) is 5.89. The van der Waals surface area contributed by atoms with Crippen molar-refractivity contribution in [2.45, 2.75) is 45.6 Å². The number of unbranched alkanes of at least 4 members (excludes halogenated alkanes) is 3. The minimum atomic E-state index is 0.104. The molecule has 4 nitrogen and oxygen atoms in total. The number of nitrogens with zero attached hydrogens (tertiary/aromatic N) is 1. The third kappa shape index (κ3) is 7.25. The van der Waals surface area contributed by atoms with E-state index in [0.717, 1.165) is 50.0 Å². The second-order valence-corrected chi connectivity index (χ2v) is 5.89. The van der Waals surface area contributed by atoms with E-state index in [-0.39, 0.29) is 5.91 Å². The van der Waals surface area contributed by atoms with Crippen LogP contribution in [0, 0.1) is 6.92 Å². The minimum Gasteiger partial charge on any atom is -0.330 e. The molecule has 0 saturated heterocycles. The normalized spacial score (nSPS) is 10.9. The zero-order valence-electron chi connectivity index (χ0n) is 13.6. The number of amides is 1. The van der Waals surface area contributed by atoms with Gasteiger partial charge in [0, 0.05) is 18.7 Å². The summed E-state index contributed by atoms with van der Waals surface area (Å²) in [6, 6.07) is 6.25. The Kier molecular flexibility index (Phi) is 8.01. The summed E-state index contributed by atoms with van der Waals surface area (Å²) >= 11 is 0. The zero-order valence-corrected chi connectivity index (χ0v) is 13.6. The van der Waals surface area contributed by atoms with E-state index in [9.17, 15) is 4.79 Å². The Morgan fingerprint density at radius 2 is 1.90 bits per heavy atom. The Morgan fingerprint density at radius 1 is 1.19 bits per heavy atom. The molecule has 1 amide bonds. The number of nitrogens with one attached hydrogen (secondary N) is 1. The maximum atomic E-state index is 12.0. The van der Waals surface area contributed by atoms with E-state index in [2.05, 4.69) is 28.4 Å². The summed E-state index contributed by atoms with van der Waals surface area (Å²) in [6.07, 6.45) is 4.75. The molecule has 4 heteroatoms. The van der Waals surface area contributed by atoms with Crippen molar-refractivity contribution in [3.05, 3.63) is 29.3 Å². The van der Waals surface area contributed by atoms with Crippen molar-refractivity contribution in [3.8, 4) is 0 Å². The molecule has 21 heavy (non-hydrogen) atoms. The van der Waals surface area contributed by atoms with Gasteiger partial charge in [-0.3, -0.25) is 4.79 Å². The van der Waals surface area contributed by atoms with E-state index in [1.54, 1.807) is 0 Å². The molecule has 0 heterocycles. The van der Waals surface area contributed by atoms with Crippen molar-refractivity contribution >= 4 is 11.6 Å². The molecule has 0 radical (unpaired) electrons. The van der Waals surface area contributed by atoms with Gasteiger partial charge in [0.15, 0.2) is 0 Å². The standard InChI is InChI=1S/C17H29N3O/c1-14-9-10-15(13-20(2)3)12-16(14)19-17(21)8-6-4-5-7-11-18/h9-10,12H,4-8,11,13,18H2,1-3H3,(H,19,21).